The molecule has 5 nitrogen and oxygen atoms in total. The molecule has 1 saturated heterocycles. The van der Waals surface area contributed by atoms with Crippen LogP contribution in [-0.4, -0.2) is 46.5 Å². The van der Waals surface area contributed by atoms with Gasteiger partial charge >= 0.3 is 0 Å². The van der Waals surface area contributed by atoms with E-state index in [0.717, 1.165) is 37.8 Å². The fourth-order valence-electron chi connectivity index (χ4n) is 7.99. The molecule has 6 atom stereocenters. The third kappa shape index (κ3) is 3.13. The number of piperidine rings is 1. The number of ketones is 1. The smallest absolute Gasteiger partial charge is 0.226 e. The van der Waals surface area contributed by atoms with Crippen LogP contribution in [0.25, 0.3) is 0 Å². The van der Waals surface area contributed by atoms with Crippen LogP contribution in [0.2, 0.25) is 0 Å². The lowest BCUT2D eigenvalue weighted by molar-refractivity contribution is -0.151. The number of fused-ring (bicyclic) bond motifs is 5. The molecule has 31 heavy (non-hydrogen) atoms. The number of amides is 2. The Morgan fingerprint density at radius 1 is 1.03 bits per heavy atom. The van der Waals surface area contributed by atoms with E-state index in [1.54, 1.807) is 11.0 Å². The van der Waals surface area contributed by atoms with Crippen molar-refractivity contribution in [2.45, 2.75) is 92.2 Å². The average molecular weight is 429 g/mol. The van der Waals surface area contributed by atoms with Crippen molar-refractivity contribution in [3.05, 3.63) is 11.8 Å². The van der Waals surface area contributed by atoms with Crippen molar-refractivity contribution in [3.8, 4) is 0 Å². The van der Waals surface area contributed by atoms with E-state index >= 15 is 0 Å². The maximum absolute atomic E-state index is 13.7. The molecular formula is C26H40N2O3. The Morgan fingerprint density at radius 2 is 1.68 bits per heavy atom. The highest BCUT2D eigenvalue weighted by atomic mass is 16.2. The third-order valence-electron chi connectivity index (χ3n) is 9.54. The van der Waals surface area contributed by atoms with Gasteiger partial charge in [0.1, 0.15) is 0 Å². The van der Waals surface area contributed by atoms with E-state index < -0.39 is 0 Å². The van der Waals surface area contributed by atoms with Gasteiger partial charge < -0.3 is 9.80 Å². The molecule has 0 radical (unpaired) electrons. The number of carbonyl (C=O) groups is 3. The molecule has 0 spiro atoms. The van der Waals surface area contributed by atoms with Gasteiger partial charge in [-0.2, -0.15) is 0 Å². The number of rotatable bonds is 3. The van der Waals surface area contributed by atoms with Crippen LogP contribution in [0.1, 0.15) is 80.1 Å². The number of hydrogen-bond donors (Lipinski definition) is 0. The second-order valence-electron chi connectivity index (χ2n) is 11.6. The van der Waals surface area contributed by atoms with Gasteiger partial charge in [0.2, 0.25) is 11.8 Å². The second kappa shape index (κ2) is 7.45. The van der Waals surface area contributed by atoms with Crippen LogP contribution in [-0.2, 0) is 14.4 Å². The Balaban J connectivity index is 1.68. The van der Waals surface area contributed by atoms with Gasteiger partial charge in [-0.1, -0.05) is 13.8 Å². The zero-order valence-electron chi connectivity index (χ0n) is 20.4. The Labute approximate surface area is 187 Å². The summed E-state index contributed by atoms with van der Waals surface area (Å²) >= 11 is 0. The first kappa shape index (κ1) is 22.5. The number of nitrogens with zero attached hydrogens (tertiary/aromatic N) is 2. The Morgan fingerprint density at radius 3 is 2.29 bits per heavy atom. The van der Waals surface area contributed by atoms with Crippen LogP contribution < -0.4 is 0 Å². The quantitative estimate of drug-likeness (QED) is 0.669. The lowest BCUT2D eigenvalue weighted by atomic mass is 9.48. The molecule has 0 bridgehead atoms. The molecule has 6 unspecified atom stereocenters. The minimum atomic E-state index is -0.118. The van der Waals surface area contributed by atoms with E-state index in [1.165, 1.54) is 0 Å². The Bertz CT molecular complexity index is 823. The summed E-state index contributed by atoms with van der Waals surface area (Å²) in [5, 5.41) is 0. The molecular weight excluding hydrogens is 388 g/mol. The Kier molecular flexibility index (Phi) is 5.42. The predicted molar refractivity (Wildman–Crippen MR) is 121 cm³/mol. The second-order valence-corrected chi connectivity index (χ2v) is 11.6. The van der Waals surface area contributed by atoms with Crippen LogP contribution >= 0.6 is 0 Å². The van der Waals surface area contributed by atoms with Crippen LogP contribution in [0.4, 0.5) is 0 Å². The molecule has 1 aliphatic heterocycles. The fraction of sp³-hybridized carbons (Fsp3) is 0.808. The maximum Gasteiger partial charge on any atom is 0.226 e. The summed E-state index contributed by atoms with van der Waals surface area (Å²) in [7, 11) is 1.82. The fourth-order valence-corrected chi connectivity index (χ4v) is 7.99. The molecule has 5 heteroatoms. The molecule has 0 aromatic rings. The number of hydrogen-bond acceptors (Lipinski definition) is 3. The van der Waals surface area contributed by atoms with E-state index in [9.17, 15) is 14.4 Å². The summed E-state index contributed by atoms with van der Waals surface area (Å²) in [5.41, 5.74) is 0.690. The summed E-state index contributed by atoms with van der Waals surface area (Å²) in [6.07, 6.45) is 6.97. The standard InChI is InChI=1S/C26H40N2O3/c1-15(2)28(16(3)4)24(31)19-9-8-17-23-18(10-12-25(17,19)5)26(6)13-11-22(30)27(7)21(26)14-20(23)29/h14-19,23H,8-13H2,1-7H3. The lowest BCUT2D eigenvalue weighted by Gasteiger charge is -2.57. The molecule has 0 aromatic heterocycles. The minimum Gasteiger partial charge on any atom is -0.338 e. The van der Waals surface area contributed by atoms with Gasteiger partial charge in [-0.25, -0.2) is 0 Å². The van der Waals surface area contributed by atoms with E-state index in [2.05, 4.69) is 41.5 Å². The highest BCUT2D eigenvalue weighted by Gasteiger charge is 2.63. The lowest BCUT2D eigenvalue weighted by Crippen LogP contribution is -2.57. The largest absolute Gasteiger partial charge is 0.338 e. The highest BCUT2D eigenvalue weighted by molar-refractivity contribution is 5.96. The molecule has 0 N–H and O–H groups in total. The molecule has 3 aliphatic carbocycles. The van der Waals surface area contributed by atoms with Gasteiger partial charge in [-0.3, -0.25) is 14.4 Å². The summed E-state index contributed by atoms with van der Waals surface area (Å²) in [4.78, 5) is 43.3. The van der Waals surface area contributed by atoms with Crippen molar-refractivity contribution in [2.24, 2.45) is 34.5 Å². The maximum atomic E-state index is 13.7. The first-order valence-electron chi connectivity index (χ1n) is 12.3. The number of likely N-dealkylation sites (tertiary alicyclic amines) is 1. The first-order valence-corrected chi connectivity index (χ1v) is 12.3. The van der Waals surface area contributed by atoms with Crippen LogP contribution in [0.15, 0.2) is 11.8 Å². The molecule has 3 fully saturated rings. The van der Waals surface area contributed by atoms with Gasteiger partial charge in [0.15, 0.2) is 5.78 Å². The molecule has 172 valence electrons. The van der Waals surface area contributed by atoms with E-state index in [4.69, 9.17) is 0 Å². The van der Waals surface area contributed by atoms with Crippen LogP contribution in [0.5, 0.6) is 0 Å². The first-order chi connectivity index (χ1) is 14.4. The molecule has 0 aromatic carbocycles. The molecule has 4 rings (SSSR count). The highest BCUT2D eigenvalue weighted by Crippen LogP contribution is 2.65. The monoisotopic (exact) mass is 428 g/mol. The average Bonchev–Trinajstić information content (AvgIpc) is 3.03. The number of allylic oxidation sites excluding steroid dienone is 2. The van der Waals surface area contributed by atoms with Crippen molar-refractivity contribution in [1.82, 2.24) is 9.80 Å². The van der Waals surface area contributed by atoms with Gasteiger partial charge in [-0.15, -0.1) is 0 Å². The summed E-state index contributed by atoms with van der Waals surface area (Å²) < 4.78 is 0. The van der Waals surface area contributed by atoms with Crippen molar-refractivity contribution in [2.75, 3.05) is 7.05 Å². The van der Waals surface area contributed by atoms with Gasteiger partial charge in [0, 0.05) is 54.6 Å². The molecule has 2 amide bonds. The summed E-state index contributed by atoms with van der Waals surface area (Å²) in [6, 6.07) is 0.366. The molecule has 2 saturated carbocycles. The van der Waals surface area contributed by atoms with Crippen molar-refractivity contribution >= 4 is 17.6 Å². The van der Waals surface area contributed by atoms with E-state index in [-0.39, 0.29) is 64.2 Å². The van der Waals surface area contributed by atoms with Crippen molar-refractivity contribution in [1.29, 1.82) is 0 Å². The third-order valence-corrected chi connectivity index (χ3v) is 9.54. The van der Waals surface area contributed by atoms with Crippen molar-refractivity contribution < 1.29 is 14.4 Å². The minimum absolute atomic E-state index is 0.00448. The summed E-state index contributed by atoms with van der Waals surface area (Å²) in [5.74, 6) is 1.10. The normalized spacial score (nSPS) is 39.9. The van der Waals surface area contributed by atoms with Crippen LogP contribution in [0.3, 0.4) is 0 Å². The van der Waals surface area contributed by atoms with Gasteiger partial charge in [-0.05, 0) is 77.0 Å². The van der Waals surface area contributed by atoms with E-state index in [0.29, 0.717) is 6.42 Å². The predicted octanol–water partition coefficient (Wildman–Crippen LogP) is 4.42. The molecule has 4 aliphatic rings. The van der Waals surface area contributed by atoms with Gasteiger partial charge in [0.05, 0.1) is 0 Å². The number of carbonyl (C=O) groups excluding carboxylic acids is 3. The topological polar surface area (TPSA) is 57.7 Å². The van der Waals surface area contributed by atoms with Crippen LogP contribution in [0, 0.1) is 34.5 Å². The zero-order chi connectivity index (χ0) is 22.9. The Hall–Kier alpha value is -1.65. The van der Waals surface area contributed by atoms with Gasteiger partial charge in [0.25, 0.3) is 0 Å². The zero-order valence-corrected chi connectivity index (χ0v) is 20.4. The summed E-state index contributed by atoms with van der Waals surface area (Å²) in [6.45, 7) is 13.0. The molecule has 1 heterocycles. The SMILES string of the molecule is CC(C)N(C(=O)C1CCC2C3C(=O)C=C4N(C)C(=O)CCC4(C)C3CCC12C)C(C)C. The van der Waals surface area contributed by atoms with E-state index in [1.807, 2.05) is 11.9 Å². The van der Waals surface area contributed by atoms with Crippen molar-refractivity contribution in [3.63, 3.8) is 0 Å².